The zero-order valence-corrected chi connectivity index (χ0v) is 15.3. The summed E-state index contributed by atoms with van der Waals surface area (Å²) in [4.78, 5) is 0. The second kappa shape index (κ2) is 7.26. The molecule has 0 saturated heterocycles. The second-order valence-electron chi connectivity index (χ2n) is 7.07. The Balaban J connectivity index is 1.70. The fourth-order valence-electron chi connectivity index (χ4n) is 3.89. The standard InChI is InChI=1S/C19H27ClN4/c1-14-9-18(23-24(14)2)12-22-17-7-4-8-19(11-17,13-21)15-5-3-6-16(20)10-15/h3,5-6,9-10,17,22H,4,7-8,11-13,21H2,1-2H3. The van der Waals surface area contributed by atoms with E-state index in [4.69, 9.17) is 17.3 Å². The minimum Gasteiger partial charge on any atom is -0.330 e. The third-order valence-electron chi connectivity index (χ3n) is 5.41. The van der Waals surface area contributed by atoms with Crippen LogP contribution in [0.4, 0.5) is 0 Å². The van der Waals surface area contributed by atoms with Crippen LogP contribution in [0.3, 0.4) is 0 Å². The van der Waals surface area contributed by atoms with Gasteiger partial charge in [0.25, 0.3) is 0 Å². The molecule has 2 atom stereocenters. The maximum Gasteiger partial charge on any atom is 0.0765 e. The van der Waals surface area contributed by atoms with E-state index in [9.17, 15) is 0 Å². The van der Waals surface area contributed by atoms with Gasteiger partial charge in [-0.05, 0) is 49.9 Å². The van der Waals surface area contributed by atoms with Gasteiger partial charge in [-0.25, -0.2) is 0 Å². The number of benzene rings is 1. The fourth-order valence-corrected chi connectivity index (χ4v) is 4.08. The van der Waals surface area contributed by atoms with Crippen molar-refractivity contribution in [3.8, 4) is 0 Å². The summed E-state index contributed by atoms with van der Waals surface area (Å²) in [7, 11) is 1.98. The molecule has 1 saturated carbocycles. The summed E-state index contributed by atoms with van der Waals surface area (Å²) in [5, 5.41) is 9.01. The van der Waals surface area contributed by atoms with Crippen LogP contribution >= 0.6 is 11.6 Å². The maximum absolute atomic E-state index is 6.23. The molecule has 24 heavy (non-hydrogen) atoms. The predicted molar refractivity (Wildman–Crippen MR) is 99.2 cm³/mol. The highest BCUT2D eigenvalue weighted by Gasteiger charge is 2.36. The van der Waals surface area contributed by atoms with E-state index in [0.717, 1.165) is 30.1 Å². The third-order valence-corrected chi connectivity index (χ3v) is 5.64. The lowest BCUT2D eigenvalue weighted by molar-refractivity contribution is 0.242. The zero-order valence-electron chi connectivity index (χ0n) is 14.6. The van der Waals surface area contributed by atoms with Crippen LogP contribution < -0.4 is 11.1 Å². The number of rotatable bonds is 5. The number of aryl methyl sites for hydroxylation is 2. The van der Waals surface area contributed by atoms with E-state index < -0.39 is 0 Å². The van der Waals surface area contributed by atoms with E-state index in [0.29, 0.717) is 12.6 Å². The van der Waals surface area contributed by atoms with E-state index >= 15 is 0 Å². The highest BCUT2D eigenvalue weighted by atomic mass is 35.5. The number of hydrogen-bond donors (Lipinski definition) is 2. The molecule has 0 aliphatic heterocycles. The Morgan fingerprint density at radius 3 is 2.92 bits per heavy atom. The van der Waals surface area contributed by atoms with E-state index in [1.165, 1.54) is 24.1 Å². The third kappa shape index (κ3) is 3.66. The minimum atomic E-state index is 0.0286. The van der Waals surface area contributed by atoms with Gasteiger partial charge in [-0.1, -0.05) is 30.2 Å². The van der Waals surface area contributed by atoms with Crippen molar-refractivity contribution in [2.75, 3.05) is 6.54 Å². The molecule has 3 rings (SSSR count). The SMILES string of the molecule is Cc1cc(CNC2CCCC(CN)(c3cccc(Cl)c3)C2)nn1C. The van der Waals surface area contributed by atoms with Gasteiger partial charge in [0.2, 0.25) is 0 Å². The number of nitrogens with one attached hydrogen (secondary N) is 1. The second-order valence-corrected chi connectivity index (χ2v) is 7.51. The molecule has 1 aromatic heterocycles. The van der Waals surface area contributed by atoms with Crippen LogP contribution in [0.5, 0.6) is 0 Å². The summed E-state index contributed by atoms with van der Waals surface area (Å²) in [6, 6.07) is 10.8. The van der Waals surface area contributed by atoms with Gasteiger partial charge in [0.05, 0.1) is 5.69 Å². The van der Waals surface area contributed by atoms with Gasteiger partial charge in [0.15, 0.2) is 0 Å². The number of nitrogens with two attached hydrogens (primary N) is 1. The summed E-state index contributed by atoms with van der Waals surface area (Å²) in [6.45, 7) is 3.55. The Labute approximate surface area is 149 Å². The van der Waals surface area contributed by atoms with Gasteiger partial charge < -0.3 is 11.1 Å². The van der Waals surface area contributed by atoms with Crippen molar-refractivity contribution in [1.82, 2.24) is 15.1 Å². The van der Waals surface area contributed by atoms with Gasteiger partial charge in [0, 0.05) is 42.3 Å². The quantitative estimate of drug-likeness (QED) is 0.873. The molecule has 2 aromatic rings. The lowest BCUT2D eigenvalue weighted by Gasteiger charge is -2.41. The van der Waals surface area contributed by atoms with Crippen LogP contribution in [0.25, 0.3) is 0 Å². The molecule has 130 valence electrons. The largest absolute Gasteiger partial charge is 0.330 e. The fraction of sp³-hybridized carbons (Fsp3) is 0.526. The normalized spacial score (nSPS) is 24.2. The molecule has 4 nitrogen and oxygen atoms in total. The Kier molecular flexibility index (Phi) is 5.28. The molecule has 1 aliphatic carbocycles. The van der Waals surface area contributed by atoms with Crippen LogP contribution in [-0.4, -0.2) is 22.4 Å². The smallest absolute Gasteiger partial charge is 0.0765 e. The summed E-state index contributed by atoms with van der Waals surface area (Å²) in [5.41, 5.74) is 9.82. The lowest BCUT2D eigenvalue weighted by atomic mass is 9.68. The van der Waals surface area contributed by atoms with Gasteiger partial charge in [0.1, 0.15) is 0 Å². The number of halogens is 1. The predicted octanol–water partition coefficient (Wildman–Crippen LogP) is 3.31. The average Bonchev–Trinajstić information content (AvgIpc) is 2.91. The van der Waals surface area contributed by atoms with Gasteiger partial charge >= 0.3 is 0 Å². The molecule has 0 spiro atoms. The van der Waals surface area contributed by atoms with Crippen molar-refractivity contribution < 1.29 is 0 Å². The summed E-state index contributed by atoms with van der Waals surface area (Å²) < 4.78 is 1.92. The van der Waals surface area contributed by atoms with E-state index in [2.05, 4.69) is 35.5 Å². The molecule has 1 aromatic carbocycles. The molecule has 5 heteroatoms. The number of aromatic nitrogens is 2. The van der Waals surface area contributed by atoms with Crippen molar-refractivity contribution in [3.63, 3.8) is 0 Å². The zero-order chi connectivity index (χ0) is 17.2. The molecular formula is C19H27ClN4. The van der Waals surface area contributed by atoms with Crippen molar-refractivity contribution in [2.24, 2.45) is 12.8 Å². The molecule has 0 bridgehead atoms. The first-order valence-corrected chi connectivity index (χ1v) is 9.09. The van der Waals surface area contributed by atoms with Crippen LogP contribution in [0.2, 0.25) is 5.02 Å². The molecule has 1 aliphatic rings. The molecule has 0 radical (unpaired) electrons. The lowest BCUT2D eigenvalue weighted by Crippen LogP contribution is -2.46. The van der Waals surface area contributed by atoms with Crippen molar-refractivity contribution in [3.05, 3.63) is 52.3 Å². The van der Waals surface area contributed by atoms with E-state index in [1.807, 2.05) is 23.9 Å². The van der Waals surface area contributed by atoms with Gasteiger partial charge in [-0.2, -0.15) is 5.10 Å². The summed E-state index contributed by atoms with van der Waals surface area (Å²) >= 11 is 6.21. The van der Waals surface area contributed by atoms with Crippen LogP contribution in [0.15, 0.2) is 30.3 Å². The molecular weight excluding hydrogens is 320 g/mol. The first kappa shape index (κ1) is 17.5. The van der Waals surface area contributed by atoms with Gasteiger partial charge in [-0.3, -0.25) is 4.68 Å². The molecule has 0 amide bonds. The van der Waals surface area contributed by atoms with Crippen molar-refractivity contribution >= 4 is 11.6 Å². The summed E-state index contributed by atoms with van der Waals surface area (Å²) in [5.74, 6) is 0. The van der Waals surface area contributed by atoms with E-state index in [1.54, 1.807) is 0 Å². The van der Waals surface area contributed by atoms with Crippen molar-refractivity contribution in [2.45, 2.75) is 50.6 Å². The Morgan fingerprint density at radius 1 is 1.42 bits per heavy atom. The first-order chi connectivity index (χ1) is 11.5. The Hall–Kier alpha value is -1.36. The minimum absolute atomic E-state index is 0.0286. The molecule has 2 unspecified atom stereocenters. The van der Waals surface area contributed by atoms with Crippen LogP contribution in [-0.2, 0) is 19.0 Å². The molecule has 3 N–H and O–H groups in total. The topological polar surface area (TPSA) is 55.9 Å². The van der Waals surface area contributed by atoms with Crippen molar-refractivity contribution in [1.29, 1.82) is 0 Å². The summed E-state index contributed by atoms with van der Waals surface area (Å²) in [6.07, 6.45) is 4.55. The van der Waals surface area contributed by atoms with Crippen LogP contribution in [0.1, 0.15) is 42.6 Å². The number of nitrogens with zero attached hydrogens (tertiary/aromatic N) is 2. The molecule has 1 fully saturated rings. The molecule has 1 heterocycles. The Morgan fingerprint density at radius 2 is 2.25 bits per heavy atom. The Bertz CT molecular complexity index is 677. The van der Waals surface area contributed by atoms with E-state index in [-0.39, 0.29) is 5.41 Å². The van der Waals surface area contributed by atoms with Crippen LogP contribution in [0, 0.1) is 6.92 Å². The number of hydrogen-bond acceptors (Lipinski definition) is 3. The average molecular weight is 347 g/mol. The first-order valence-electron chi connectivity index (χ1n) is 8.71. The highest BCUT2D eigenvalue weighted by Crippen LogP contribution is 2.39. The maximum atomic E-state index is 6.23. The highest BCUT2D eigenvalue weighted by molar-refractivity contribution is 6.30. The monoisotopic (exact) mass is 346 g/mol. The van der Waals surface area contributed by atoms with Gasteiger partial charge in [-0.15, -0.1) is 0 Å².